The van der Waals surface area contributed by atoms with Crippen molar-refractivity contribution in [2.45, 2.75) is 20.5 Å². The Morgan fingerprint density at radius 1 is 1.06 bits per heavy atom. The molecule has 0 bridgehead atoms. The van der Waals surface area contributed by atoms with Crippen LogP contribution in [0.3, 0.4) is 0 Å². The van der Waals surface area contributed by atoms with E-state index in [-0.39, 0.29) is 24.9 Å². The molecule has 1 aliphatic heterocycles. The van der Waals surface area contributed by atoms with Crippen molar-refractivity contribution in [3.05, 3.63) is 64.0 Å². The normalized spacial score (nSPS) is 12.5. The third-order valence-corrected chi connectivity index (χ3v) is 4.71. The van der Waals surface area contributed by atoms with Crippen LogP contribution in [0.5, 0.6) is 11.5 Å². The van der Waals surface area contributed by atoms with E-state index < -0.39 is 18.2 Å². The maximum Gasteiger partial charge on any atom is 0.347 e. The molecule has 10 nitrogen and oxygen atoms in total. The number of nitrogens with zero attached hydrogens (tertiary/aromatic N) is 1. The van der Waals surface area contributed by atoms with Crippen LogP contribution in [0.25, 0.3) is 11.0 Å². The molecule has 0 aliphatic carbocycles. The lowest BCUT2D eigenvalue weighted by atomic mass is 10.1. The van der Waals surface area contributed by atoms with Crippen molar-refractivity contribution in [1.29, 1.82) is 0 Å². The van der Waals surface area contributed by atoms with Crippen LogP contribution in [0.4, 0.5) is 5.69 Å². The standard InChI is InChI=1S/C23H20N2O8/c1-13(15-3-6-19-21(7-15)31-12-30-19)25-32-11-23(28)29-10-16-8-22(27)33-20-9-17(24-14(2)26)4-5-18(16)20/h3-9H,10-12H2,1-2H3,(H,24,26). The molecule has 4 rings (SSSR count). The monoisotopic (exact) mass is 452 g/mol. The zero-order valence-electron chi connectivity index (χ0n) is 17.9. The Morgan fingerprint density at radius 3 is 2.70 bits per heavy atom. The predicted molar refractivity (Wildman–Crippen MR) is 117 cm³/mol. The number of amides is 1. The molecule has 10 heteroatoms. The maximum absolute atomic E-state index is 12.1. The van der Waals surface area contributed by atoms with E-state index in [1.165, 1.54) is 19.1 Å². The number of ether oxygens (including phenoxy) is 3. The van der Waals surface area contributed by atoms with Gasteiger partial charge in [0, 0.05) is 41.3 Å². The summed E-state index contributed by atoms with van der Waals surface area (Å²) in [7, 11) is 0. The third kappa shape index (κ3) is 5.29. The number of carbonyl (C=O) groups excluding carboxylic acids is 2. The quantitative estimate of drug-likeness (QED) is 0.251. The van der Waals surface area contributed by atoms with Gasteiger partial charge in [0.1, 0.15) is 12.2 Å². The van der Waals surface area contributed by atoms with Crippen LogP contribution < -0.4 is 20.4 Å². The summed E-state index contributed by atoms with van der Waals surface area (Å²) in [6.45, 7) is 2.71. The lowest BCUT2D eigenvalue weighted by Crippen LogP contribution is -2.13. The molecule has 0 fully saturated rings. The second kappa shape index (κ2) is 9.43. The van der Waals surface area contributed by atoms with Crippen molar-refractivity contribution in [2.24, 2.45) is 5.16 Å². The van der Waals surface area contributed by atoms with Gasteiger partial charge >= 0.3 is 11.6 Å². The van der Waals surface area contributed by atoms with E-state index in [0.29, 0.717) is 33.8 Å². The van der Waals surface area contributed by atoms with Crippen LogP contribution >= 0.6 is 0 Å². The van der Waals surface area contributed by atoms with Gasteiger partial charge in [-0.1, -0.05) is 5.16 Å². The lowest BCUT2D eigenvalue weighted by molar-refractivity contribution is -0.150. The number of esters is 1. The molecule has 2 aromatic carbocycles. The molecule has 2 heterocycles. The second-order valence-corrected chi connectivity index (χ2v) is 7.16. The Kier molecular flexibility index (Phi) is 6.25. The summed E-state index contributed by atoms with van der Waals surface area (Å²) in [5.41, 5.74) is 1.91. The zero-order chi connectivity index (χ0) is 23.4. The molecular formula is C23H20N2O8. The van der Waals surface area contributed by atoms with Gasteiger partial charge in [0.25, 0.3) is 0 Å². The van der Waals surface area contributed by atoms with Gasteiger partial charge in [0.2, 0.25) is 19.3 Å². The first-order valence-corrected chi connectivity index (χ1v) is 9.95. The van der Waals surface area contributed by atoms with Crippen molar-refractivity contribution in [3.8, 4) is 11.5 Å². The number of hydrogen-bond acceptors (Lipinski definition) is 9. The van der Waals surface area contributed by atoms with E-state index in [2.05, 4.69) is 10.5 Å². The van der Waals surface area contributed by atoms with E-state index in [9.17, 15) is 14.4 Å². The number of nitrogens with one attached hydrogen (secondary N) is 1. The fourth-order valence-electron chi connectivity index (χ4n) is 3.19. The molecule has 1 N–H and O–H groups in total. The number of benzene rings is 2. The number of oxime groups is 1. The average molecular weight is 452 g/mol. The highest BCUT2D eigenvalue weighted by atomic mass is 16.7. The molecule has 170 valence electrons. The zero-order valence-corrected chi connectivity index (χ0v) is 17.9. The summed E-state index contributed by atoms with van der Waals surface area (Å²) in [5.74, 6) is 0.363. The Bertz CT molecular complexity index is 1310. The van der Waals surface area contributed by atoms with E-state index in [1.54, 1.807) is 37.3 Å². The molecule has 3 aromatic rings. The summed E-state index contributed by atoms with van der Waals surface area (Å²) in [6.07, 6.45) is 0. The summed E-state index contributed by atoms with van der Waals surface area (Å²) in [6, 6.07) is 11.4. The van der Waals surface area contributed by atoms with Crippen molar-refractivity contribution >= 4 is 34.2 Å². The Morgan fingerprint density at radius 2 is 1.88 bits per heavy atom. The predicted octanol–water partition coefficient (Wildman–Crippen LogP) is 2.96. The lowest BCUT2D eigenvalue weighted by Gasteiger charge is -2.08. The van der Waals surface area contributed by atoms with Crippen LogP contribution in [0.2, 0.25) is 0 Å². The Hall–Kier alpha value is -4.34. The van der Waals surface area contributed by atoms with E-state index >= 15 is 0 Å². The minimum Gasteiger partial charge on any atom is -0.458 e. The summed E-state index contributed by atoms with van der Waals surface area (Å²) < 4.78 is 21.0. The molecule has 0 spiro atoms. The van der Waals surface area contributed by atoms with Gasteiger partial charge in [-0.3, -0.25) is 4.79 Å². The van der Waals surface area contributed by atoms with Gasteiger partial charge in [-0.2, -0.15) is 0 Å². The van der Waals surface area contributed by atoms with Gasteiger partial charge in [-0.05, 0) is 37.3 Å². The average Bonchev–Trinajstić information content (AvgIpc) is 3.24. The SMILES string of the molecule is CC(=O)Nc1ccc2c(COC(=O)CON=C(C)c3ccc4c(c3)OCO4)cc(=O)oc2c1. The minimum atomic E-state index is -0.659. The molecule has 0 radical (unpaired) electrons. The van der Waals surface area contributed by atoms with Gasteiger partial charge in [-0.15, -0.1) is 0 Å². The number of carbonyl (C=O) groups is 2. The van der Waals surface area contributed by atoms with E-state index in [1.807, 2.05) is 0 Å². The fourth-order valence-corrected chi connectivity index (χ4v) is 3.19. The Labute approximate surface area is 187 Å². The first-order valence-electron chi connectivity index (χ1n) is 9.95. The second-order valence-electron chi connectivity index (χ2n) is 7.16. The first-order chi connectivity index (χ1) is 15.9. The molecular weight excluding hydrogens is 432 g/mol. The number of hydrogen-bond donors (Lipinski definition) is 1. The van der Waals surface area contributed by atoms with Crippen LogP contribution in [-0.2, 0) is 25.8 Å². The first kappa shape index (κ1) is 21.9. The van der Waals surface area contributed by atoms with Crippen molar-refractivity contribution in [1.82, 2.24) is 0 Å². The number of fused-ring (bicyclic) bond motifs is 2. The summed E-state index contributed by atoms with van der Waals surface area (Å²) in [4.78, 5) is 40.3. The van der Waals surface area contributed by atoms with Crippen LogP contribution in [0.1, 0.15) is 25.0 Å². The van der Waals surface area contributed by atoms with Crippen LogP contribution in [-0.4, -0.2) is 31.0 Å². The highest BCUT2D eigenvalue weighted by Crippen LogP contribution is 2.32. The van der Waals surface area contributed by atoms with Gasteiger partial charge in [0.05, 0.1) is 5.71 Å². The van der Waals surface area contributed by atoms with Crippen molar-refractivity contribution in [3.63, 3.8) is 0 Å². The minimum absolute atomic E-state index is 0.158. The van der Waals surface area contributed by atoms with E-state index in [0.717, 1.165) is 5.56 Å². The largest absolute Gasteiger partial charge is 0.458 e. The number of rotatable bonds is 7. The molecule has 33 heavy (non-hydrogen) atoms. The van der Waals surface area contributed by atoms with E-state index in [4.69, 9.17) is 23.5 Å². The molecule has 1 amide bonds. The van der Waals surface area contributed by atoms with Gasteiger partial charge < -0.3 is 28.8 Å². The molecule has 1 aromatic heterocycles. The fraction of sp³-hybridized carbons (Fsp3) is 0.217. The molecule has 0 saturated heterocycles. The summed E-state index contributed by atoms with van der Waals surface area (Å²) in [5, 5.41) is 7.12. The molecule has 0 atom stereocenters. The highest BCUT2D eigenvalue weighted by molar-refractivity contribution is 5.99. The van der Waals surface area contributed by atoms with Crippen molar-refractivity contribution < 1.29 is 33.1 Å². The molecule has 0 unspecified atom stereocenters. The third-order valence-electron chi connectivity index (χ3n) is 4.71. The topological polar surface area (TPSA) is 126 Å². The summed E-state index contributed by atoms with van der Waals surface area (Å²) >= 11 is 0. The van der Waals surface area contributed by atoms with Crippen molar-refractivity contribution in [2.75, 3.05) is 18.7 Å². The van der Waals surface area contributed by atoms with Crippen LogP contribution in [0, 0.1) is 0 Å². The van der Waals surface area contributed by atoms with Crippen LogP contribution in [0.15, 0.2) is 56.8 Å². The maximum atomic E-state index is 12.1. The smallest absolute Gasteiger partial charge is 0.347 e. The highest BCUT2D eigenvalue weighted by Gasteiger charge is 2.15. The molecule has 0 saturated carbocycles. The van der Waals surface area contributed by atoms with Gasteiger partial charge in [-0.25, -0.2) is 9.59 Å². The Balaban J connectivity index is 1.36. The number of anilines is 1. The molecule has 1 aliphatic rings. The van der Waals surface area contributed by atoms with Gasteiger partial charge in [0.15, 0.2) is 11.5 Å².